The molecule has 9 nitrogen and oxygen atoms in total. The van der Waals surface area contributed by atoms with Gasteiger partial charge in [0.15, 0.2) is 5.76 Å². The smallest absolute Gasteiger partial charge is 0.326 e. The van der Waals surface area contributed by atoms with Crippen LogP contribution in [0.5, 0.6) is 0 Å². The molecule has 5 rings (SSSR count). The van der Waals surface area contributed by atoms with E-state index in [1.807, 2.05) is 49.9 Å². The van der Waals surface area contributed by atoms with E-state index in [2.05, 4.69) is 20.4 Å². The highest BCUT2D eigenvalue weighted by molar-refractivity contribution is 6.31. The Balaban J connectivity index is 1.19. The average Bonchev–Trinajstić information content (AvgIpc) is 3.57. The van der Waals surface area contributed by atoms with Crippen molar-refractivity contribution in [1.29, 1.82) is 0 Å². The monoisotopic (exact) mass is 564 g/mol. The van der Waals surface area contributed by atoms with Gasteiger partial charge in [-0.1, -0.05) is 22.8 Å². The Labute approximate surface area is 240 Å². The Morgan fingerprint density at radius 3 is 2.38 bits per heavy atom. The summed E-state index contributed by atoms with van der Waals surface area (Å²) in [4.78, 5) is 37.2. The molecule has 10 heteroatoms. The van der Waals surface area contributed by atoms with Gasteiger partial charge in [-0.15, -0.1) is 0 Å². The van der Waals surface area contributed by atoms with Crippen LogP contribution in [0, 0.1) is 46.5 Å². The van der Waals surface area contributed by atoms with Gasteiger partial charge in [0, 0.05) is 49.6 Å². The largest absolute Gasteiger partial charge is 0.359 e. The maximum absolute atomic E-state index is 13.4. The van der Waals surface area contributed by atoms with Gasteiger partial charge in [0.1, 0.15) is 11.4 Å². The third-order valence-corrected chi connectivity index (χ3v) is 8.65. The molecule has 0 radical (unpaired) electrons. The third-order valence-electron chi connectivity index (χ3n) is 8.25. The van der Waals surface area contributed by atoms with Crippen LogP contribution in [0.15, 0.2) is 35.0 Å². The molecule has 0 aliphatic carbocycles. The second-order valence-corrected chi connectivity index (χ2v) is 11.6. The Bertz CT molecular complexity index is 1370. The van der Waals surface area contributed by atoms with Gasteiger partial charge in [0.05, 0.1) is 11.3 Å². The van der Waals surface area contributed by atoms with Crippen molar-refractivity contribution in [3.8, 4) is 0 Å². The van der Waals surface area contributed by atoms with E-state index in [0.29, 0.717) is 40.5 Å². The van der Waals surface area contributed by atoms with Gasteiger partial charge in [-0.3, -0.25) is 14.7 Å². The summed E-state index contributed by atoms with van der Waals surface area (Å²) in [5.74, 6) is 1.60. The third kappa shape index (κ3) is 5.71. The number of rotatable bonds is 7. The highest BCUT2D eigenvalue weighted by atomic mass is 35.5. The number of aromatic nitrogens is 2. The molecule has 2 aromatic heterocycles. The number of aryl methyl sites for hydroxylation is 5. The SMILES string of the molecule is Cc1ccc(N(CCCN2CC3CN(C(=O)c4c(C)ccnc4C)CC3C2)C(=O)Nc2c(C)noc2C)cc1Cl. The predicted molar refractivity (Wildman–Crippen MR) is 156 cm³/mol. The van der Waals surface area contributed by atoms with Gasteiger partial charge in [-0.25, -0.2) is 4.79 Å². The zero-order valence-corrected chi connectivity index (χ0v) is 24.6. The number of pyridine rings is 1. The van der Waals surface area contributed by atoms with Crippen LogP contribution in [0.25, 0.3) is 0 Å². The summed E-state index contributed by atoms with van der Waals surface area (Å²) >= 11 is 6.42. The lowest BCUT2D eigenvalue weighted by molar-refractivity contribution is 0.0772. The Morgan fingerprint density at radius 1 is 1.02 bits per heavy atom. The van der Waals surface area contributed by atoms with Crippen LogP contribution in [0.1, 0.15) is 45.1 Å². The molecule has 3 amide bonds. The lowest BCUT2D eigenvalue weighted by atomic mass is 10.0. The number of anilines is 2. The minimum Gasteiger partial charge on any atom is -0.359 e. The van der Waals surface area contributed by atoms with E-state index < -0.39 is 0 Å². The summed E-state index contributed by atoms with van der Waals surface area (Å²) in [6.07, 6.45) is 2.56. The summed E-state index contributed by atoms with van der Waals surface area (Å²) in [5.41, 5.74) is 5.45. The van der Waals surface area contributed by atoms with Crippen LogP contribution in [-0.4, -0.2) is 71.1 Å². The van der Waals surface area contributed by atoms with Crippen molar-refractivity contribution in [2.45, 2.75) is 41.0 Å². The molecule has 3 aromatic rings. The first-order chi connectivity index (χ1) is 19.1. The standard InChI is InChI=1S/C30H37ClN6O3/c1-18-7-8-25(13-26(18)31)37(30(39)33-28-21(4)34-40-22(28)5)12-6-11-35-14-23-16-36(17-24(23)15-35)29(38)27-19(2)9-10-32-20(27)3/h7-10,13,23-24H,6,11-12,14-17H2,1-5H3,(H,33,39). The number of carbonyl (C=O) groups excluding carboxylic acids is 2. The molecule has 0 spiro atoms. The fourth-order valence-corrected chi connectivity index (χ4v) is 6.17. The van der Waals surface area contributed by atoms with E-state index in [9.17, 15) is 9.59 Å². The zero-order chi connectivity index (χ0) is 28.6. The van der Waals surface area contributed by atoms with Gasteiger partial charge in [0.25, 0.3) is 5.91 Å². The maximum Gasteiger partial charge on any atom is 0.326 e. The fourth-order valence-electron chi connectivity index (χ4n) is 6.00. The molecule has 4 heterocycles. The fraction of sp³-hybridized carbons (Fsp3) is 0.467. The van der Waals surface area contributed by atoms with Crippen molar-refractivity contribution in [2.75, 3.05) is 49.5 Å². The number of urea groups is 1. The predicted octanol–water partition coefficient (Wildman–Crippen LogP) is 5.40. The second kappa shape index (κ2) is 11.6. The number of amides is 3. The highest BCUT2D eigenvalue weighted by Gasteiger charge is 2.42. The molecule has 2 saturated heterocycles. The summed E-state index contributed by atoms with van der Waals surface area (Å²) in [6, 6.07) is 7.34. The van der Waals surface area contributed by atoms with Crippen LogP contribution in [0.2, 0.25) is 5.02 Å². The molecule has 0 bridgehead atoms. The minimum atomic E-state index is -0.247. The number of benzene rings is 1. The zero-order valence-electron chi connectivity index (χ0n) is 23.8. The van der Waals surface area contributed by atoms with E-state index in [1.165, 1.54) is 0 Å². The topological polar surface area (TPSA) is 94.8 Å². The number of carbonyl (C=O) groups is 2. The van der Waals surface area contributed by atoms with Crippen LogP contribution in [-0.2, 0) is 0 Å². The number of nitrogens with one attached hydrogen (secondary N) is 1. The van der Waals surface area contributed by atoms with E-state index in [-0.39, 0.29) is 11.9 Å². The van der Waals surface area contributed by atoms with Crippen LogP contribution in [0.4, 0.5) is 16.2 Å². The molecule has 1 aromatic carbocycles. The summed E-state index contributed by atoms with van der Waals surface area (Å²) < 4.78 is 5.22. The first-order valence-corrected chi connectivity index (χ1v) is 14.2. The number of likely N-dealkylation sites (tertiary alicyclic amines) is 2. The number of hydrogen-bond acceptors (Lipinski definition) is 6. The van der Waals surface area contributed by atoms with Crippen molar-refractivity contribution in [3.05, 3.63) is 69.3 Å². The minimum absolute atomic E-state index is 0.0979. The van der Waals surface area contributed by atoms with Crippen molar-refractivity contribution in [3.63, 3.8) is 0 Å². The van der Waals surface area contributed by atoms with E-state index in [4.69, 9.17) is 16.1 Å². The molecular formula is C30H37ClN6O3. The van der Waals surface area contributed by atoms with Gasteiger partial charge in [-0.05, 0) is 88.7 Å². The quantitative estimate of drug-likeness (QED) is 0.413. The van der Waals surface area contributed by atoms with Crippen molar-refractivity contribution >= 4 is 34.9 Å². The Morgan fingerprint density at radius 2 is 1.75 bits per heavy atom. The first-order valence-electron chi connectivity index (χ1n) is 13.8. The van der Waals surface area contributed by atoms with Gasteiger partial charge in [-0.2, -0.15) is 0 Å². The average molecular weight is 565 g/mol. The van der Waals surface area contributed by atoms with Gasteiger partial charge >= 0.3 is 6.03 Å². The number of halogens is 1. The lowest BCUT2D eigenvalue weighted by Gasteiger charge is -2.26. The van der Waals surface area contributed by atoms with Crippen LogP contribution in [0.3, 0.4) is 0 Å². The maximum atomic E-state index is 13.4. The lowest BCUT2D eigenvalue weighted by Crippen LogP contribution is -2.38. The highest BCUT2D eigenvalue weighted by Crippen LogP contribution is 2.33. The van der Waals surface area contributed by atoms with Gasteiger partial charge < -0.3 is 19.6 Å². The first kappa shape index (κ1) is 28.1. The van der Waals surface area contributed by atoms with Gasteiger partial charge in [0.2, 0.25) is 0 Å². The Hall–Kier alpha value is -3.43. The molecule has 2 aliphatic rings. The second-order valence-electron chi connectivity index (χ2n) is 11.1. The molecule has 2 atom stereocenters. The van der Waals surface area contributed by atoms with Crippen molar-refractivity contribution in [2.24, 2.45) is 11.8 Å². The summed E-state index contributed by atoms with van der Waals surface area (Å²) in [6.45, 7) is 14.3. The molecule has 2 fully saturated rings. The van der Waals surface area contributed by atoms with E-state index in [1.54, 1.807) is 24.9 Å². The van der Waals surface area contributed by atoms with Crippen molar-refractivity contribution in [1.82, 2.24) is 19.9 Å². The van der Waals surface area contributed by atoms with E-state index in [0.717, 1.165) is 67.2 Å². The normalized spacial score (nSPS) is 18.7. The molecule has 1 N–H and O–H groups in total. The number of nitrogens with zero attached hydrogens (tertiary/aromatic N) is 5. The van der Waals surface area contributed by atoms with Crippen molar-refractivity contribution < 1.29 is 14.1 Å². The van der Waals surface area contributed by atoms with Crippen LogP contribution >= 0.6 is 11.6 Å². The van der Waals surface area contributed by atoms with E-state index >= 15 is 0 Å². The number of hydrogen-bond donors (Lipinski definition) is 1. The molecule has 2 unspecified atom stereocenters. The molecule has 0 saturated carbocycles. The molecule has 40 heavy (non-hydrogen) atoms. The molecule has 2 aliphatic heterocycles. The molecular weight excluding hydrogens is 528 g/mol. The van der Waals surface area contributed by atoms with Crippen LogP contribution < -0.4 is 10.2 Å². The molecule has 212 valence electrons. The number of fused-ring (bicyclic) bond motifs is 1. The summed E-state index contributed by atoms with van der Waals surface area (Å²) in [5, 5.41) is 7.54. The Kier molecular flexibility index (Phi) is 8.14. The summed E-state index contributed by atoms with van der Waals surface area (Å²) in [7, 11) is 0.